The number of amides is 4. The van der Waals surface area contributed by atoms with Gasteiger partial charge in [0.25, 0.3) is 0 Å². The van der Waals surface area contributed by atoms with Crippen LogP contribution in [0.5, 0.6) is 0 Å². The number of carbonyl (C=O) groups is 5. The molecule has 0 spiro atoms. The Kier molecular flexibility index (Phi) is 16.4. The molecule has 0 radical (unpaired) electrons. The summed E-state index contributed by atoms with van der Waals surface area (Å²) in [4.78, 5) is 64.4. The summed E-state index contributed by atoms with van der Waals surface area (Å²) in [5.41, 5.74) is 5.30. The molecule has 13 heteroatoms. The second-order valence-electron chi connectivity index (χ2n) is 11.8. The molecule has 0 fully saturated rings. The fourth-order valence-electron chi connectivity index (χ4n) is 5.53. The van der Waals surface area contributed by atoms with Gasteiger partial charge in [-0.1, -0.05) is 121 Å². The van der Waals surface area contributed by atoms with Crippen LogP contribution in [0.15, 0.2) is 121 Å². The van der Waals surface area contributed by atoms with Gasteiger partial charge < -0.3 is 31.7 Å². The molecule has 6 N–H and O–H groups in total. The topological polar surface area (TPSA) is 171 Å². The summed E-state index contributed by atoms with van der Waals surface area (Å²) in [5, 5.41) is 21.1. The third-order valence-corrected chi connectivity index (χ3v) is 13.1. The SMILES string of the molecule is NCC(=O)NCC(=O)N[C@@H](CCC(=O)N(CCP(c1ccccc1)c1ccccc1)CCP(c1ccccc1)c1ccccc1)C(=O)NCC(=O)O. The van der Waals surface area contributed by atoms with Crippen LogP contribution in [-0.4, -0.2) is 90.7 Å². The van der Waals surface area contributed by atoms with Gasteiger partial charge in [0.05, 0.1) is 13.1 Å². The Balaban J connectivity index is 1.57. The Morgan fingerprint density at radius 3 is 1.42 bits per heavy atom. The minimum absolute atomic E-state index is 0.0738. The number of hydrogen-bond donors (Lipinski definition) is 5. The molecule has 52 heavy (non-hydrogen) atoms. The van der Waals surface area contributed by atoms with Crippen molar-refractivity contribution in [2.45, 2.75) is 18.9 Å². The normalized spacial score (nSPS) is 11.4. The summed E-state index contributed by atoms with van der Waals surface area (Å²) in [5.74, 6) is -3.40. The van der Waals surface area contributed by atoms with E-state index in [2.05, 4.69) is 64.5 Å². The molecule has 272 valence electrons. The highest BCUT2D eigenvalue weighted by Gasteiger charge is 2.26. The van der Waals surface area contributed by atoms with Crippen molar-refractivity contribution in [2.24, 2.45) is 5.73 Å². The van der Waals surface area contributed by atoms with Gasteiger partial charge in [0.15, 0.2) is 0 Å². The number of nitrogens with two attached hydrogens (primary N) is 1. The number of carboxylic acids is 1. The number of carboxylic acid groups (broad SMARTS) is 1. The second-order valence-corrected chi connectivity index (χ2v) is 16.4. The zero-order valence-electron chi connectivity index (χ0n) is 28.9. The van der Waals surface area contributed by atoms with Crippen LogP contribution in [0.3, 0.4) is 0 Å². The Hall–Kier alpha value is -4.95. The lowest BCUT2D eigenvalue weighted by molar-refractivity contribution is -0.139. The van der Waals surface area contributed by atoms with Crippen molar-refractivity contribution in [3.8, 4) is 0 Å². The average molecular weight is 742 g/mol. The number of benzene rings is 4. The monoisotopic (exact) mass is 741 g/mol. The number of nitrogens with one attached hydrogen (secondary N) is 3. The molecule has 0 unspecified atom stereocenters. The van der Waals surface area contributed by atoms with E-state index >= 15 is 0 Å². The molecule has 4 amide bonds. The molecule has 11 nitrogen and oxygen atoms in total. The molecule has 0 saturated heterocycles. The van der Waals surface area contributed by atoms with E-state index in [0.29, 0.717) is 25.4 Å². The Bertz CT molecular complexity index is 1570. The zero-order chi connectivity index (χ0) is 37.1. The van der Waals surface area contributed by atoms with Gasteiger partial charge in [-0.25, -0.2) is 0 Å². The molecule has 0 aliphatic rings. The molecule has 0 aliphatic carbocycles. The van der Waals surface area contributed by atoms with Crippen molar-refractivity contribution in [1.29, 1.82) is 0 Å². The van der Waals surface area contributed by atoms with Gasteiger partial charge in [-0.15, -0.1) is 0 Å². The van der Waals surface area contributed by atoms with Crippen molar-refractivity contribution in [3.63, 3.8) is 0 Å². The molecule has 0 saturated carbocycles. The van der Waals surface area contributed by atoms with Crippen LogP contribution in [0.4, 0.5) is 0 Å². The first-order chi connectivity index (χ1) is 25.2. The minimum atomic E-state index is -1.25. The van der Waals surface area contributed by atoms with E-state index in [4.69, 9.17) is 10.8 Å². The van der Waals surface area contributed by atoms with E-state index in [9.17, 15) is 24.0 Å². The maximum atomic E-state index is 14.2. The predicted octanol–water partition coefficient (Wildman–Crippen LogP) is 1.62. The molecule has 0 heterocycles. The van der Waals surface area contributed by atoms with E-state index < -0.39 is 58.7 Å². The molecule has 0 bridgehead atoms. The van der Waals surface area contributed by atoms with Crippen molar-refractivity contribution in [1.82, 2.24) is 20.9 Å². The lowest BCUT2D eigenvalue weighted by atomic mass is 10.1. The fraction of sp³-hybridized carbons (Fsp3) is 0.256. The van der Waals surface area contributed by atoms with Crippen LogP contribution in [0.25, 0.3) is 0 Å². The highest BCUT2D eigenvalue weighted by Crippen LogP contribution is 2.35. The number of rotatable bonds is 20. The van der Waals surface area contributed by atoms with Crippen molar-refractivity contribution < 1.29 is 29.1 Å². The predicted molar refractivity (Wildman–Crippen MR) is 208 cm³/mol. The van der Waals surface area contributed by atoms with Crippen molar-refractivity contribution >= 4 is 66.7 Å². The van der Waals surface area contributed by atoms with Crippen LogP contribution in [0.2, 0.25) is 0 Å². The fourth-order valence-corrected chi connectivity index (χ4v) is 10.2. The Morgan fingerprint density at radius 2 is 1.04 bits per heavy atom. The van der Waals surface area contributed by atoms with Crippen LogP contribution in [-0.2, 0) is 24.0 Å². The Morgan fingerprint density at radius 1 is 0.615 bits per heavy atom. The summed E-state index contributed by atoms with van der Waals surface area (Å²) in [6.07, 6.45) is 1.27. The van der Waals surface area contributed by atoms with Gasteiger partial charge >= 0.3 is 5.97 Å². The first-order valence-electron chi connectivity index (χ1n) is 17.0. The zero-order valence-corrected chi connectivity index (χ0v) is 30.7. The van der Waals surface area contributed by atoms with Crippen LogP contribution in [0, 0.1) is 0 Å². The number of carbonyl (C=O) groups excluding carboxylic acids is 4. The smallest absolute Gasteiger partial charge is 0.322 e. The van der Waals surface area contributed by atoms with Gasteiger partial charge in [-0.3, -0.25) is 24.0 Å². The lowest BCUT2D eigenvalue weighted by Gasteiger charge is -2.29. The van der Waals surface area contributed by atoms with Gasteiger partial charge in [-0.05, 0) is 55.8 Å². The molecule has 0 aromatic heterocycles. The lowest BCUT2D eigenvalue weighted by Crippen LogP contribution is -2.51. The molecule has 1 atom stereocenters. The molecular weight excluding hydrogens is 696 g/mol. The quantitative estimate of drug-likeness (QED) is 0.0858. The van der Waals surface area contributed by atoms with Crippen molar-refractivity contribution in [3.05, 3.63) is 121 Å². The first kappa shape index (κ1) is 39.8. The highest BCUT2D eigenvalue weighted by atomic mass is 31.1. The van der Waals surface area contributed by atoms with E-state index in [0.717, 1.165) is 0 Å². The van der Waals surface area contributed by atoms with E-state index in [1.165, 1.54) is 21.2 Å². The van der Waals surface area contributed by atoms with Crippen LogP contribution >= 0.6 is 15.8 Å². The average Bonchev–Trinajstić information content (AvgIpc) is 3.18. The largest absolute Gasteiger partial charge is 0.480 e. The van der Waals surface area contributed by atoms with Crippen LogP contribution < -0.4 is 42.9 Å². The van der Waals surface area contributed by atoms with E-state index in [1.54, 1.807) is 0 Å². The summed E-state index contributed by atoms with van der Waals surface area (Å²) in [6, 6.07) is 39.9. The third-order valence-electron chi connectivity index (χ3n) is 8.16. The molecule has 4 aromatic rings. The van der Waals surface area contributed by atoms with E-state index in [1.807, 2.05) is 77.7 Å². The maximum Gasteiger partial charge on any atom is 0.322 e. The van der Waals surface area contributed by atoms with E-state index in [-0.39, 0.29) is 25.3 Å². The summed E-state index contributed by atoms with van der Waals surface area (Å²) < 4.78 is 0. The van der Waals surface area contributed by atoms with Crippen molar-refractivity contribution in [2.75, 3.05) is 45.0 Å². The van der Waals surface area contributed by atoms with Gasteiger partial charge in [0.2, 0.25) is 23.6 Å². The maximum absolute atomic E-state index is 14.2. The van der Waals surface area contributed by atoms with Gasteiger partial charge in [-0.2, -0.15) is 0 Å². The summed E-state index contributed by atoms with van der Waals surface area (Å²) in [6.45, 7) is -0.458. The summed E-state index contributed by atoms with van der Waals surface area (Å²) >= 11 is 0. The standard InChI is InChI=1S/C39H45N5O6P2/c40-27-35(45)41-28-36(46)43-34(39(50)42-29-38(48)49)21-22-37(47)44(23-25-51(30-13-5-1-6-14-30)31-15-7-2-8-16-31)24-26-52(32-17-9-3-10-18-32)33-19-11-4-12-20-33/h1-20,34H,21-29,40H2,(H,41,45)(H,42,50)(H,43,46)(H,48,49)/t34-/m0/s1. The number of nitrogens with zero attached hydrogens (tertiary/aromatic N) is 1. The Labute approximate surface area is 306 Å². The molecular formula is C39H45N5O6P2. The highest BCUT2D eigenvalue weighted by molar-refractivity contribution is 7.73. The number of hydrogen-bond acceptors (Lipinski definition) is 6. The second kappa shape index (κ2) is 21.4. The first-order valence-corrected chi connectivity index (χ1v) is 20.1. The minimum Gasteiger partial charge on any atom is -0.480 e. The molecule has 4 aromatic carbocycles. The molecule has 4 rings (SSSR count). The summed E-state index contributed by atoms with van der Waals surface area (Å²) in [7, 11) is -1.59. The van der Waals surface area contributed by atoms with Gasteiger partial charge in [0, 0.05) is 19.5 Å². The number of aliphatic carboxylic acids is 1. The third kappa shape index (κ3) is 13.0. The van der Waals surface area contributed by atoms with Gasteiger partial charge in [0.1, 0.15) is 12.6 Å². The molecule has 0 aliphatic heterocycles. The van der Waals surface area contributed by atoms with Crippen LogP contribution in [0.1, 0.15) is 12.8 Å².